The van der Waals surface area contributed by atoms with E-state index in [1.165, 1.54) is 0 Å². The van der Waals surface area contributed by atoms with Crippen LogP contribution in [0.15, 0.2) is 71.8 Å². The number of carbonyl (C=O) groups excluding carboxylic acids is 2. The SMILES string of the molecule is O=C1C2=C([C@@H]3C(=O)[C@H](C=C2)[C@@H]2O[C@H]3c3ccccc32)[C@]2(Br)[C@H]1[C@@H]1O[C@H]2c2ccccc21. The summed E-state index contributed by atoms with van der Waals surface area (Å²) in [4.78, 5) is 27.6. The normalized spacial score (nSPS) is 42.4. The lowest BCUT2D eigenvalue weighted by Crippen LogP contribution is -2.44. The molecule has 0 unspecified atom stereocenters. The molecule has 0 aromatic heterocycles. The van der Waals surface area contributed by atoms with Crippen LogP contribution in [0.4, 0.5) is 0 Å². The van der Waals surface area contributed by atoms with E-state index < -0.39 is 10.2 Å². The molecular weight excluding hydrogens is 456 g/mol. The van der Waals surface area contributed by atoms with Gasteiger partial charge in [0.15, 0.2) is 11.6 Å². The number of benzene rings is 2. The number of fused-ring (bicyclic) bond motifs is 19. The van der Waals surface area contributed by atoms with E-state index in [0.717, 1.165) is 27.8 Å². The van der Waals surface area contributed by atoms with Gasteiger partial charge in [0, 0.05) is 5.57 Å². The lowest BCUT2D eigenvalue weighted by Gasteiger charge is -2.40. The molecule has 0 amide bonds. The Kier molecular flexibility index (Phi) is 2.97. The van der Waals surface area contributed by atoms with Crippen molar-refractivity contribution in [2.45, 2.75) is 28.7 Å². The molecule has 4 heterocycles. The van der Waals surface area contributed by atoms with Crippen molar-refractivity contribution < 1.29 is 19.1 Å². The summed E-state index contributed by atoms with van der Waals surface area (Å²) in [5.74, 6) is -0.986. The first-order valence-electron chi connectivity index (χ1n) is 10.8. The highest BCUT2D eigenvalue weighted by atomic mass is 79.9. The summed E-state index contributed by atoms with van der Waals surface area (Å²) in [5.41, 5.74) is 5.93. The highest BCUT2D eigenvalue weighted by Crippen LogP contribution is 2.72. The molecule has 6 aliphatic rings. The van der Waals surface area contributed by atoms with Gasteiger partial charge in [-0.3, -0.25) is 9.59 Å². The molecule has 8 atom stereocenters. The van der Waals surface area contributed by atoms with E-state index in [2.05, 4.69) is 40.2 Å². The zero-order valence-electron chi connectivity index (χ0n) is 16.3. The Morgan fingerprint density at radius 3 is 2.19 bits per heavy atom. The van der Waals surface area contributed by atoms with Crippen LogP contribution in [0, 0.1) is 17.8 Å². The Balaban J connectivity index is 1.38. The van der Waals surface area contributed by atoms with Gasteiger partial charge in [-0.15, -0.1) is 0 Å². The first-order valence-corrected chi connectivity index (χ1v) is 11.6. The maximum Gasteiger partial charge on any atom is 0.170 e. The average molecular weight is 473 g/mol. The molecule has 2 aromatic carbocycles. The van der Waals surface area contributed by atoms with E-state index in [9.17, 15) is 9.59 Å². The molecule has 4 aliphatic heterocycles. The van der Waals surface area contributed by atoms with Gasteiger partial charge in [0.25, 0.3) is 0 Å². The summed E-state index contributed by atoms with van der Waals surface area (Å²) in [6.45, 7) is 0. The molecule has 2 saturated heterocycles. The topological polar surface area (TPSA) is 52.6 Å². The van der Waals surface area contributed by atoms with Crippen LogP contribution in [0.2, 0.25) is 0 Å². The Morgan fingerprint density at radius 2 is 1.45 bits per heavy atom. The van der Waals surface area contributed by atoms with Gasteiger partial charge in [-0.25, -0.2) is 0 Å². The summed E-state index contributed by atoms with van der Waals surface area (Å²) in [6.07, 6.45) is 2.61. The zero-order chi connectivity index (χ0) is 20.6. The highest BCUT2D eigenvalue weighted by Gasteiger charge is 2.72. The van der Waals surface area contributed by atoms with Gasteiger partial charge in [0.05, 0.1) is 40.4 Å². The lowest BCUT2D eigenvalue weighted by molar-refractivity contribution is -0.147. The standard InChI is InChI=1S/C26H17BrO4/c27-26-18-15(21(29)19(26)24-13-7-3-4-8-14(13)25(26)31-24)9-10-16-20(28)17(18)23-12-6-2-1-5-11(12)22(16)30-23/h1-10,16-17,19,22-25H/t16-,17+,19+,22+,23-,24+,25-,26-/m0/s1. The second-order valence-electron chi connectivity index (χ2n) is 9.37. The number of Topliss-reactive ketones (excluding diaryl/α,β-unsaturated/α-hetero) is 2. The van der Waals surface area contributed by atoms with Crippen molar-refractivity contribution in [2.75, 3.05) is 0 Å². The van der Waals surface area contributed by atoms with Crippen LogP contribution in [0.3, 0.4) is 0 Å². The number of halogens is 1. The molecule has 2 aromatic rings. The third-order valence-electron chi connectivity index (χ3n) is 8.20. The third kappa shape index (κ3) is 1.73. The first-order chi connectivity index (χ1) is 15.1. The van der Waals surface area contributed by atoms with Crippen LogP contribution < -0.4 is 0 Å². The van der Waals surface area contributed by atoms with Gasteiger partial charge in [0.1, 0.15) is 6.10 Å². The molecule has 2 fully saturated rings. The van der Waals surface area contributed by atoms with Crippen molar-refractivity contribution in [3.05, 3.63) is 94.1 Å². The molecule has 4 nitrogen and oxygen atoms in total. The molecule has 6 bridgehead atoms. The van der Waals surface area contributed by atoms with Gasteiger partial charge in [-0.2, -0.15) is 0 Å². The summed E-state index contributed by atoms with van der Waals surface area (Å²) < 4.78 is 12.2. The summed E-state index contributed by atoms with van der Waals surface area (Å²) in [6, 6.07) is 16.3. The number of alkyl halides is 1. The van der Waals surface area contributed by atoms with Crippen LogP contribution >= 0.6 is 15.9 Å². The van der Waals surface area contributed by atoms with E-state index in [0.29, 0.717) is 5.57 Å². The molecule has 5 heteroatoms. The van der Waals surface area contributed by atoms with E-state index in [1.54, 1.807) is 0 Å². The fourth-order valence-electron chi connectivity index (χ4n) is 7.06. The number of ether oxygens (including phenoxy) is 2. The number of ketones is 2. The molecular formula is C26H17BrO4. The number of hydrogen-bond acceptors (Lipinski definition) is 4. The maximum absolute atomic E-state index is 13.9. The van der Waals surface area contributed by atoms with E-state index in [1.807, 2.05) is 36.4 Å². The number of allylic oxidation sites excluding steroid dienone is 2. The van der Waals surface area contributed by atoms with Crippen molar-refractivity contribution in [1.29, 1.82) is 0 Å². The van der Waals surface area contributed by atoms with E-state index >= 15 is 0 Å². The van der Waals surface area contributed by atoms with Crippen molar-refractivity contribution in [1.82, 2.24) is 0 Å². The minimum absolute atomic E-state index is 0.0784. The number of hydrogen-bond donors (Lipinski definition) is 0. The Bertz CT molecular complexity index is 1310. The zero-order valence-corrected chi connectivity index (χ0v) is 17.9. The fourth-order valence-corrected chi connectivity index (χ4v) is 8.32. The third-order valence-corrected chi connectivity index (χ3v) is 9.54. The maximum atomic E-state index is 13.9. The van der Waals surface area contributed by atoms with Gasteiger partial charge in [-0.1, -0.05) is 76.6 Å². The van der Waals surface area contributed by atoms with Crippen LogP contribution in [0.1, 0.15) is 46.7 Å². The Morgan fingerprint density at radius 1 is 0.806 bits per heavy atom. The smallest absolute Gasteiger partial charge is 0.170 e. The predicted molar refractivity (Wildman–Crippen MR) is 114 cm³/mol. The van der Waals surface area contributed by atoms with Gasteiger partial charge in [-0.05, 0) is 27.8 Å². The Hall–Kier alpha value is -2.34. The van der Waals surface area contributed by atoms with E-state index in [-0.39, 0.29) is 47.8 Å². The number of rotatable bonds is 0. The molecule has 0 spiro atoms. The van der Waals surface area contributed by atoms with Crippen LogP contribution in [0.5, 0.6) is 0 Å². The molecule has 152 valence electrons. The molecule has 0 N–H and O–H groups in total. The molecule has 0 radical (unpaired) electrons. The molecule has 31 heavy (non-hydrogen) atoms. The van der Waals surface area contributed by atoms with Crippen molar-refractivity contribution >= 4 is 27.5 Å². The fraction of sp³-hybridized carbons (Fsp3) is 0.308. The number of carbonyl (C=O) groups is 2. The van der Waals surface area contributed by atoms with Crippen LogP contribution in [-0.4, -0.2) is 15.9 Å². The van der Waals surface area contributed by atoms with E-state index in [4.69, 9.17) is 9.47 Å². The monoisotopic (exact) mass is 472 g/mol. The summed E-state index contributed by atoms with van der Waals surface area (Å²) >= 11 is 4.03. The van der Waals surface area contributed by atoms with Crippen molar-refractivity contribution in [3.63, 3.8) is 0 Å². The molecule has 8 rings (SSSR count). The van der Waals surface area contributed by atoms with Gasteiger partial charge >= 0.3 is 0 Å². The largest absolute Gasteiger partial charge is 0.363 e. The minimum atomic E-state index is -0.717. The lowest BCUT2D eigenvalue weighted by atomic mass is 9.69. The van der Waals surface area contributed by atoms with Gasteiger partial charge in [0.2, 0.25) is 0 Å². The summed E-state index contributed by atoms with van der Waals surface area (Å²) in [7, 11) is 0. The van der Waals surface area contributed by atoms with Crippen LogP contribution in [0.25, 0.3) is 0 Å². The minimum Gasteiger partial charge on any atom is -0.363 e. The predicted octanol–water partition coefficient (Wildman–Crippen LogP) is 4.64. The highest BCUT2D eigenvalue weighted by molar-refractivity contribution is 9.10. The second kappa shape index (κ2) is 5.34. The molecule has 2 aliphatic carbocycles. The van der Waals surface area contributed by atoms with Crippen molar-refractivity contribution in [2.24, 2.45) is 17.8 Å². The quantitative estimate of drug-likeness (QED) is 0.524. The first kappa shape index (κ1) is 17.2. The van der Waals surface area contributed by atoms with Crippen molar-refractivity contribution in [3.8, 4) is 0 Å². The van der Waals surface area contributed by atoms with Gasteiger partial charge < -0.3 is 9.47 Å². The summed E-state index contributed by atoms with van der Waals surface area (Å²) in [5, 5.41) is 0. The molecule has 0 saturated carbocycles. The second-order valence-corrected chi connectivity index (χ2v) is 10.7. The van der Waals surface area contributed by atoms with Crippen LogP contribution in [-0.2, 0) is 19.1 Å². The average Bonchev–Trinajstić information content (AvgIpc) is 3.45. The Labute approximate surface area is 187 Å².